The van der Waals surface area contributed by atoms with Crippen molar-refractivity contribution in [3.8, 4) is 5.82 Å². The summed E-state index contributed by atoms with van der Waals surface area (Å²) in [5.74, 6) is 0.500. The lowest BCUT2D eigenvalue weighted by Crippen LogP contribution is -2.24. The number of aromatic amines is 1. The van der Waals surface area contributed by atoms with Gasteiger partial charge in [-0.05, 0) is 23.6 Å². The van der Waals surface area contributed by atoms with Gasteiger partial charge in [0.1, 0.15) is 18.3 Å². The topological polar surface area (TPSA) is 88.5 Å². The summed E-state index contributed by atoms with van der Waals surface area (Å²) in [5, 5.41) is 8.97. The smallest absolute Gasteiger partial charge is 0.268 e. The molecule has 4 aromatic heterocycles. The number of hydrogen-bond acceptors (Lipinski definition) is 5. The van der Waals surface area contributed by atoms with E-state index in [2.05, 4.69) is 25.4 Å². The van der Waals surface area contributed by atoms with Crippen LogP contribution in [0.1, 0.15) is 16.1 Å². The van der Waals surface area contributed by atoms with Crippen LogP contribution >= 0.6 is 11.3 Å². The first-order chi connectivity index (χ1) is 11.3. The minimum atomic E-state index is -0.151. The molecule has 1 amide bonds. The molecule has 2 N–H and O–H groups in total. The average molecular weight is 324 g/mol. The molecular formula is C15H12N6OS. The number of fused-ring (bicyclic) bond motifs is 1. The normalized spacial score (nSPS) is 11.0. The van der Waals surface area contributed by atoms with E-state index in [4.69, 9.17) is 0 Å². The van der Waals surface area contributed by atoms with Gasteiger partial charge in [0.25, 0.3) is 5.91 Å². The van der Waals surface area contributed by atoms with Crippen molar-refractivity contribution in [2.24, 2.45) is 0 Å². The molecule has 0 unspecified atom stereocenters. The van der Waals surface area contributed by atoms with Crippen LogP contribution in [0.25, 0.3) is 16.0 Å². The third-order valence-electron chi connectivity index (χ3n) is 3.43. The number of carbonyl (C=O) groups is 1. The van der Waals surface area contributed by atoms with Gasteiger partial charge in [-0.15, -0.1) is 11.3 Å². The molecule has 0 fully saturated rings. The number of aromatic nitrogens is 5. The van der Waals surface area contributed by atoms with E-state index in [1.54, 1.807) is 28.5 Å². The van der Waals surface area contributed by atoms with Crippen LogP contribution in [-0.4, -0.2) is 30.6 Å². The van der Waals surface area contributed by atoms with Gasteiger partial charge in [0.15, 0.2) is 5.82 Å². The average Bonchev–Trinajstić information content (AvgIpc) is 3.28. The van der Waals surface area contributed by atoms with Gasteiger partial charge >= 0.3 is 0 Å². The van der Waals surface area contributed by atoms with Crippen LogP contribution in [0.5, 0.6) is 0 Å². The maximum Gasteiger partial charge on any atom is 0.268 e. The molecule has 0 bridgehead atoms. The fourth-order valence-electron chi connectivity index (χ4n) is 2.33. The van der Waals surface area contributed by atoms with Gasteiger partial charge in [-0.25, -0.2) is 14.6 Å². The molecule has 0 aliphatic rings. The van der Waals surface area contributed by atoms with E-state index in [-0.39, 0.29) is 5.91 Å². The summed E-state index contributed by atoms with van der Waals surface area (Å²) in [7, 11) is 0. The largest absolute Gasteiger partial charge is 0.350 e. The van der Waals surface area contributed by atoms with Crippen molar-refractivity contribution in [2.45, 2.75) is 6.54 Å². The molecule has 4 heterocycles. The van der Waals surface area contributed by atoms with Gasteiger partial charge < -0.3 is 10.3 Å². The Hall–Kier alpha value is -3.00. The predicted molar refractivity (Wildman–Crippen MR) is 86.5 cm³/mol. The predicted octanol–water partition coefficient (Wildman–Crippen LogP) is 2.14. The highest BCUT2D eigenvalue weighted by atomic mass is 32.1. The van der Waals surface area contributed by atoms with Crippen molar-refractivity contribution >= 4 is 27.5 Å². The fraction of sp³-hybridized carbons (Fsp3) is 0.0667. The zero-order valence-corrected chi connectivity index (χ0v) is 12.7. The van der Waals surface area contributed by atoms with E-state index in [0.29, 0.717) is 18.1 Å². The number of carbonyl (C=O) groups excluding carboxylic acids is 1. The SMILES string of the molecule is O=C(NCc1cccnc1-n1cncn1)c1cc2sccc2[nH]1. The zero-order valence-electron chi connectivity index (χ0n) is 11.9. The second-order valence-electron chi connectivity index (χ2n) is 4.89. The number of amides is 1. The number of nitrogens with one attached hydrogen (secondary N) is 2. The fourth-order valence-corrected chi connectivity index (χ4v) is 3.12. The Kier molecular flexibility index (Phi) is 3.35. The molecule has 0 aliphatic heterocycles. The molecule has 0 radical (unpaired) electrons. The van der Waals surface area contributed by atoms with Crippen molar-refractivity contribution in [2.75, 3.05) is 0 Å². The summed E-state index contributed by atoms with van der Waals surface area (Å²) < 4.78 is 2.64. The Bertz CT molecular complexity index is 927. The van der Waals surface area contributed by atoms with Gasteiger partial charge in [0, 0.05) is 18.3 Å². The molecule has 0 atom stereocenters. The first-order valence-electron chi connectivity index (χ1n) is 6.94. The quantitative estimate of drug-likeness (QED) is 0.602. The van der Waals surface area contributed by atoms with E-state index in [1.165, 1.54) is 6.33 Å². The maximum atomic E-state index is 12.3. The Morgan fingerprint density at radius 1 is 1.39 bits per heavy atom. The number of H-pyrrole nitrogens is 1. The molecule has 23 heavy (non-hydrogen) atoms. The van der Waals surface area contributed by atoms with Crippen LogP contribution in [0, 0.1) is 0 Å². The molecule has 4 rings (SSSR count). The highest BCUT2D eigenvalue weighted by molar-refractivity contribution is 7.17. The van der Waals surface area contributed by atoms with Crippen LogP contribution in [0.15, 0.2) is 48.5 Å². The summed E-state index contributed by atoms with van der Waals surface area (Å²) >= 11 is 1.60. The molecule has 7 nitrogen and oxygen atoms in total. The second kappa shape index (κ2) is 5.65. The maximum absolute atomic E-state index is 12.3. The van der Waals surface area contributed by atoms with Gasteiger partial charge in [-0.3, -0.25) is 4.79 Å². The Labute approximate surface area is 135 Å². The van der Waals surface area contributed by atoms with E-state index < -0.39 is 0 Å². The minimum Gasteiger partial charge on any atom is -0.350 e. The van der Waals surface area contributed by atoms with Crippen LogP contribution in [0.4, 0.5) is 0 Å². The molecule has 0 saturated heterocycles. The van der Waals surface area contributed by atoms with Crippen LogP contribution in [-0.2, 0) is 6.54 Å². The molecule has 0 aliphatic carbocycles. The zero-order chi connectivity index (χ0) is 15.6. The van der Waals surface area contributed by atoms with E-state index >= 15 is 0 Å². The van der Waals surface area contributed by atoms with Crippen molar-refractivity contribution in [3.05, 3.63) is 59.8 Å². The van der Waals surface area contributed by atoms with E-state index in [1.807, 2.05) is 29.6 Å². The molecule has 0 spiro atoms. The number of rotatable bonds is 4. The minimum absolute atomic E-state index is 0.151. The summed E-state index contributed by atoms with van der Waals surface area (Å²) in [6.45, 7) is 0.356. The molecule has 0 aromatic carbocycles. The number of pyridine rings is 1. The van der Waals surface area contributed by atoms with Crippen molar-refractivity contribution in [1.29, 1.82) is 0 Å². The van der Waals surface area contributed by atoms with Gasteiger partial charge in [-0.2, -0.15) is 5.10 Å². The summed E-state index contributed by atoms with van der Waals surface area (Å²) in [6, 6.07) is 7.54. The Morgan fingerprint density at radius 3 is 3.17 bits per heavy atom. The summed E-state index contributed by atoms with van der Waals surface area (Å²) in [4.78, 5) is 23.6. The third-order valence-corrected chi connectivity index (χ3v) is 4.29. The molecule has 0 saturated carbocycles. The first-order valence-corrected chi connectivity index (χ1v) is 7.82. The Morgan fingerprint density at radius 2 is 2.35 bits per heavy atom. The molecular weight excluding hydrogens is 312 g/mol. The van der Waals surface area contributed by atoms with Gasteiger partial charge in [-0.1, -0.05) is 6.07 Å². The lowest BCUT2D eigenvalue weighted by Gasteiger charge is -2.08. The van der Waals surface area contributed by atoms with Crippen molar-refractivity contribution in [1.82, 2.24) is 30.0 Å². The highest BCUT2D eigenvalue weighted by Crippen LogP contribution is 2.21. The number of nitrogens with zero attached hydrogens (tertiary/aromatic N) is 4. The number of hydrogen-bond donors (Lipinski definition) is 2. The number of thiophene rings is 1. The third kappa shape index (κ3) is 2.59. The summed E-state index contributed by atoms with van der Waals surface area (Å²) in [5.41, 5.74) is 2.39. The second-order valence-corrected chi connectivity index (χ2v) is 5.84. The molecule has 4 aromatic rings. The highest BCUT2D eigenvalue weighted by Gasteiger charge is 2.12. The standard InChI is InChI=1S/C15H12N6OS/c22-15(12-6-13-11(20-12)3-5-23-13)18-7-10-2-1-4-17-14(10)21-9-16-8-19-21/h1-6,8-9,20H,7H2,(H,18,22). The lowest BCUT2D eigenvalue weighted by molar-refractivity contribution is 0.0946. The van der Waals surface area contributed by atoms with Crippen molar-refractivity contribution < 1.29 is 4.79 Å². The Balaban J connectivity index is 1.53. The van der Waals surface area contributed by atoms with E-state index in [0.717, 1.165) is 15.8 Å². The monoisotopic (exact) mass is 324 g/mol. The van der Waals surface area contributed by atoms with Crippen LogP contribution in [0.2, 0.25) is 0 Å². The van der Waals surface area contributed by atoms with Gasteiger partial charge in [0.2, 0.25) is 0 Å². The molecule has 114 valence electrons. The lowest BCUT2D eigenvalue weighted by atomic mass is 10.2. The molecule has 8 heteroatoms. The van der Waals surface area contributed by atoms with Crippen molar-refractivity contribution in [3.63, 3.8) is 0 Å². The van der Waals surface area contributed by atoms with Gasteiger partial charge in [0.05, 0.1) is 10.2 Å². The van der Waals surface area contributed by atoms with E-state index in [9.17, 15) is 4.79 Å². The first kappa shape index (κ1) is 13.6. The van der Waals surface area contributed by atoms with Crippen LogP contribution in [0.3, 0.4) is 0 Å². The van der Waals surface area contributed by atoms with Crippen LogP contribution < -0.4 is 5.32 Å². The summed E-state index contributed by atoms with van der Waals surface area (Å²) in [6.07, 6.45) is 4.71.